The van der Waals surface area contributed by atoms with E-state index in [1.165, 1.54) is 6.21 Å². The normalized spacial score (nSPS) is 10.8. The van der Waals surface area contributed by atoms with Crippen LogP contribution in [0.5, 0.6) is 17.2 Å². The van der Waals surface area contributed by atoms with E-state index in [0.717, 1.165) is 15.2 Å². The molecule has 0 bridgehead atoms. The Bertz CT molecular complexity index is 1390. The van der Waals surface area contributed by atoms with Gasteiger partial charge in [0.25, 0.3) is 5.91 Å². The number of amides is 1. The number of halogens is 1. The zero-order valence-corrected chi connectivity index (χ0v) is 20.3. The summed E-state index contributed by atoms with van der Waals surface area (Å²) >= 11 is 3.39. The first-order valence-corrected chi connectivity index (χ1v) is 11.4. The summed E-state index contributed by atoms with van der Waals surface area (Å²) < 4.78 is 17.0. The highest BCUT2D eigenvalue weighted by molar-refractivity contribution is 9.10. The van der Waals surface area contributed by atoms with Crippen LogP contribution in [-0.4, -0.2) is 31.8 Å². The quantitative estimate of drug-likeness (QED) is 0.143. The van der Waals surface area contributed by atoms with E-state index in [1.54, 1.807) is 49.6 Å². The smallest absolute Gasteiger partial charge is 0.343 e. The third-order valence-electron chi connectivity index (χ3n) is 4.98. The van der Waals surface area contributed by atoms with Crippen molar-refractivity contribution < 1.29 is 23.8 Å². The molecule has 0 atom stereocenters. The average molecular weight is 533 g/mol. The average Bonchev–Trinajstić information content (AvgIpc) is 2.88. The number of nitrogens with one attached hydrogen (secondary N) is 1. The first kappa shape index (κ1) is 24.0. The molecule has 0 saturated heterocycles. The van der Waals surface area contributed by atoms with Crippen LogP contribution in [0.4, 0.5) is 0 Å². The Kier molecular flexibility index (Phi) is 7.74. The number of rotatable bonds is 8. The van der Waals surface area contributed by atoms with Crippen molar-refractivity contribution in [1.82, 2.24) is 5.43 Å². The molecule has 1 amide bonds. The lowest BCUT2D eigenvalue weighted by molar-refractivity contribution is -0.123. The number of carbonyl (C=O) groups excluding carboxylic acids is 2. The van der Waals surface area contributed by atoms with Crippen molar-refractivity contribution in [3.63, 3.8) is 0 Å². The summed E-state index contributed by atoms with van der Waals surface area (Å²) in [6.45, 7) is -0.201. The highest BCUT2D eigenvalue weighted by atomic mass is 79.9. The minimum absolute atomic E-state index is 0.201. The third-order valence-corrected chi connectivity index (χ3v) is 5.48. The summed E-state index contributed by atoms with van der Waals surface area (Å²) in [7, 11) is 1.55. The number of hydrazone groups is 1. The molecule has 0 fully saturated rings. The summed E-state index contributed by atoms with van der Waals surface area (Å²) in [4.78, 5) is 24.7. The SMILES string of the molecule is COc1ccc(C(=O)Oc2ccc(Br)cc2/C=N/NC(=O)COc2ccc3ccccc3c2)cc1. The molecule has 4 rings (SSSR count). The molecule has 35 heavy (non-hydrogen) atoms. The van der Waals surface area contributed by atoms with Gasteiger partial charge in [0.05, 0.1) is 18.9 Å². The zero-order chi connectivity index (χ0) is 24.6. The second kappa shape index (κ2) is 11.3. The molecular formula is C27H21BrN2O5. The fourth-order valence-corrected chi connectivity index (χ4v) is 3.59. The van der Waals surface area contributed by atoms with Crippen molar-refractivity contribution in [3.8, 4) is 17.2 Å². The number of benzene rings is 4. The van der Waals surface area contributed by atoms with Gasteiger partial charge < -0.3 is 14.2 Å². The maximum atomic E-state index is 12.5. The Labute approximate surface area is 210 Å². The number of esters is 1. The Balaban J connectivity index is 1.36. The molecule has 0 radical (unpaired) electrons. The molecule has 0 aliphatic rings. The number of hydrogen-bond donors (Lipinski definition) is 1. The van der Waals surface area contributed by atoms with Crippen molar-refractivity contribution in [2.24, 2.45) is 5.10 Å². The molecule has 1 N–H and O–H groups in total. The van der Waals surface area contributed by atoms with E-state index in [2.05, 4.69) is 26.5 Å². The molecule has 176 valence electrons. The lowest BCUT2D eigenvalue weighted by Crippen LogP contribution is -2.24. The molecule has 4 aromatic rings. The van der Waals surface area contributed by atoms with Crippen LogP contribution in [0.1, 0.15) is 15.9 Å². The summed E-state index contributed by atoms with van der Waals surface area (Å²) in [5, 5.41) is 6.09. The number of methoxy groups -OCH3 is 1. The highest BCUT2D eigenvalue weighted by Crippen LogP contribution is 2.24. The molecule has 8 heteroatoms. The van der Waals surface area contributed by atoms with Gasteiger partial charge in [-0.1, -0.05) is 46.3 Å². The van der Waals surface area contributed by atoms with Gasteiger partial charge in [-0.3, -0.25) is 4.79 Å². The Morgan fingerprint density at radius 3 is 2.43 bits per heavy atom. The van der Waals surface area contributed by atoms with Crippen molar-refractivity contribution >= 4 is 44.8 Å². The van der Waals surface area contributed by atoms with E-state index >= 15 is 0 Å². The standard InChI is InChI=1S/C27H21BrN2O5/c1-33-23-10-7-19(8-11-23)27(32)35-25-13-9-22(28)14-21(25)16-29-30-26(31)17-34-24-12-6-18-4-2-3-5-20(18)15-24/h2-16H,17H2,1H3,(H,30,31)/b29-16+. The van der Waals surface area contributed by atoms with E-state index in [1.807, 2.05) is 42.5 Å². The second-order valence-corrected chi connectivity index (χ2v) is 8.31. The lowest BCUT2D eigenvalue weighted by Gasteiger charge is -2.09. The van der Waals surface area contributed by atoms with E-state index in [9.17, 15) is 9.59 Å². The molecule has 0 spiro atoms. The van der Waals surface area contributed by atoms with Crippen molar-refractivity contribution in [1.29, 1.82) is 0 Å². The molecular weight excluding hydrogens is 512 g/mol. The van der Waals surface area contributed by atoms with Gasteiger partial charge in [0.1, 0.15) is 17.2 Å². The van der Waals surface area contributed by atoms with Crippen molar-refractivity contribution in [3.05, 3.63) is 101 Å². The predicted molar refractivity (Wildman–Crippen MR) is 137 cm³/mol. The zero-order valence-electron chi connectivity index (χ0n) is 18.7. The summed E-state index contributed by atoms with van der Waals surface area (Å²) in [5.74, 6) is 0.555. The Morgan fingerprint density at radius 1 is 0.914 bits per heavy atom. The minimum atomic E-state index is -0.530. The Morgan fingerprint density at radius 2 is 1.66 bits per heavy atom. The van der Waals surface area contributed by atoms with Crippen LogP contribution < -0.4 is 19.6 Å². The van der Waals surface area contributed by atoms with Gasteiger partial charge in [0, 0.05) is 10.0 Å². The van der Waals surface area contributed by atoms with Crippen molar-refractivity contribution in [2.75, 3.05) is 13.7 Å². The van der Waals surface area contributed by atoms with Crippen LogP contribution in [0.25, 0.3) is 10.8 Å². The van der Waals surface area contributed by atoms with E-state index < -0.39 is 11.9 Å². The van der Waals surface area contributed by atoms with E-state index in [0.29, 0.717) is 28.4 Å². The van der Waals surface area contributed by atoms with Crippen LogP contribution >= 0.6 is 15.9 Å². The number of ether oxygens (including phenoxy) is 3. The molecule has 0 aliphatic carbocycles. The van der Waals surface area contributed by atoms with Gasteiger partial charge in [0.2, 0.25) is 0 Å². The van der Waals surface area contributed by atoms with Crippen LogP contribution in [0.15, 0.2) is 94.5 Å². The summed E-state index contributed by atoms with van der Waals surface area (Å²) in [6, 6.07) is 25.2. The number of nitrogens with zero attached hydrogens (tertiary/aromatic N) is 1. The molecule has 7 nitrogen and oxygen atoms in total. The number of carbonyl (C=O) groups is 2. The highest BCUT2D eigenvalue weighted by Gasteiger charge is 2.12. The van der Waals surface area contributed by atoms with Gasteiger partial charge >= 0.3 is 5.97 Å². The van der Waals surface area contributed by atoms with Crippen LogP contribution in [0, 0.1) is 0 Å². The molecule has 0 aliphatic heterocycles. The monoisotopic (exact) mass is 532 g/mol. The first-order chi connectivity index (χ1) is 17.0. The van der Waals surface area contributed by atoms with Gasteiger partial charge in [-0.05, 0) is 65.4 Å². The largest absolute Gasteiger partial charge is 0.497 e. The van der Waals surface area contributed by atoms with Gasteiger partial charge in [-0.25, -0.2) is 10.2 Å². The minimum Gasteiger partial charge on any atom is -0.497 e. The molecule has 0 unspecified atom stereocenters. The van der Waals surface area contributed by atoms with Crippen molar-refractivity contribution in [2.45, 2.75) is 0 Å². The lowest BCUT2D eigenvalue weighted by atomic mass is 10.1. The number of hydrogen-bond acceptors (Lipinski definition) is 6. The molecule has 0 aromatic heterocycles. The summed E-state index contributed by atoms with van der Waals surface area (Å²) in [5.41, 5.74) is 3.29. The predicted octanol–water partition coefficient (Wildman–Crippen LogP) is 5.36. The summed E-state index contributed by atoms with van der Waals surface area (Å²) in [6.07, 6.45) is 1.40. The molecule has 0 heterocycles. The van der Waals surface area contributed by atoms with Gasteiger partial charge in [-0.2, -0.15) is 5.10 Å². The van der Waals surface area contributed by atoms with Crippen LogP contribution in [0.3, 0.4) is 0 Å². The van der Waals surface area contributed by atoms with E-state index in [-0.39, 0.29) is 6.61 Å². The molecule has 4 aromatic carbocycles. The van der Waals surface area contributed by atoms with Gasteiger partial charge in [0.15, 0.2) is 6.61 Å². The van der Waals surface area contributed by atoms with Gasteiger partial charge in [-0.15, -0.1) is 0 Å². The maximum absolute atomic E-state index is 12.5. The maximum Gasteiger partial charge on any atom is 0.343 e. The number of fused-ring (bicyclic) bond motifs is 1. The first-order valence-electron chi connectivity index (χ1n) is 10.6. The molecule has 0 saturated carbocycles. The van der Waals surface area contributed by atoms with E-state index in [4.69, 9.17) is 14.2 Å². The van der Waals surface area contributed by atoms with Crippen LogP contribution in [-0.2, 0) is 4.79 Å². The second-order valence-electron chi connectivity index (χ2n) is 7.39. The Hall–Kier alpha value is -4.17. The third kappa shape index (κ3) is 6.45. The fraction of sp³-hybridized carbons (Fsp3) is 0.0741. The topological polar surface area (TPSA) is 86.2 Å². The van der Waals surface area contributed by atoms with Crippen LogP contribution in [0.2, 0.25) is 0 Å². The fourth-order valence-electron chi connectivity index (χ4n) is 3.21.